The number of imide groups is 1. The number of carbonyl (C=O) groups excluding carboxylic acids is 3. The van der Waals surface area contributed by atoms with Crippen LogP contribution < -0.4 is 11.1 Å². The van der Waals surface area contributed by atoms with E-state index in [1.165, 1.54) is 0 Å². The second kappa shape index (κ2) is 7.81. The predicted octanol–water partition coefficient (Wildman–Crippen LogP) is 1.87. The first-order valence-electron chi connectivity index (χ1n) is 8.15. The molecule has 3 amide bonds. The van der Waals surface area contributed by atoms with E-state index in [0.717, 1.165) is 5.69 Å². The van der Waals surface area contributed by atoms with E-state index >= 15 is 0 Å². The highest BCUT2D eigenvalue weighted by molar-refractivity contribution is 5.99. The summed E-state index contributed by atoms with van der Waals surface area (Å²) in [5.74, 6) is -1.78. The summed E-state index contributed by atoms with van der Waals surface area (Å²) in [4.78, 5) is 35.6. The number of rotatable bonds is 5. The van der Waals surface area contributed by atoms with Gasteiger partial charge in [-0.05, 0) is 31.9 Å². The number of nitrogens with one attached hydrogen (secondary N) is 1. The number of nitrogens with zero attached hydrogens (tertiary/aromatic N) is 2. The molecule has 0 spiro atoms. The van der Waals surface area contributed by atoms with Gasteiger partial charge in [0.15, 0.2) is 6.10 Å². The fourth-order valence-electron chi connectivity index (χ4n) is 2.62. The van der Waals surface area contributed by atoms with Gasteiger partial charge in [0.25, 0.3) is 5.91 Å². The van der Waals surface area contributed by atoms with Crippen LogP contribution in [-0.2, 0) is 9.53 Å². The lowest BCUT2D eigenvalue weighted by molar-refractivity contribution is -0.130. The first-order chi connectivity index (χ1) is 12.2. The number of para-hydroxylation sites is 1. The third-order valence-electron chi connectivity index (χ3n) is 3.84. The van der Waals surface area contributed by atoms with Gasteiger partial charge in [-0.2, -0.15) is 5.10 Å². The van der Waals surface area contributed by atoms with Crippen molar-refractivity contribution in [3.05, 3.63) is 47.3 Å². The summed E-state index contributed by atoms with van der Waals surface area (Å²) in [6, 6.07) is 8.35. The van der Waals surface area contributed by atoms with E-state index in [2.05, 4.69) is 5.10 Å². The highest BCUT2D eigenvalue weighted by Crippen LogP contribution is 2.20. The molecule has 1 atom stereocenters. The lowest BCUT2D eigenvalue weighted by Crippen LogP contribution is -2.45. The minimum atomic E-state index is -1.14. The molecule has 0 aliphatic carbocycles. The number of primary amides is 1. The van der Waals surface area contributed by atoms with E-state index < -0.39 is 24.0 Å². The number of ether oxygens (including phenoxy) is 1. The third-order valence-corrected chi connectivity index (χ3v) is 3.84. The largest absolute Gasteiger partial charge is 0.448 e. The summed E-state index contributed by atoms with van der Waals surface area (Å²) in [6.45, 7) is 6.84. The number of aryl methyl sites for hydroxylation is 1. The van der Waals surface area contributed by atoms with Crippen molar-refractivity contribution in [2.24, 2.45) is 11.7 Å². The van der Waals surface area contributed by atoms with Crippen LogP contribution in [0.5, 0.6) is 0 Å². The highest BCUT2D eigenvalue weighted by atomic mass is 16.5. The van der Waals surface area contributed by atoms with Crippen molar-refractivity contribution < 1.29 is 19.1 Å². The highest BCUT2D eigenvalue weighted by Gasteiger charge is 2.30. The Bertz CT molecular complexity index is 827. The number of esters is 1. The molecule has 138 valence electrons. The summed E-state index contributed by atoms with van der Waals surface area (Å²) in [5.41, 5.74) is 7.13. The monoisotopic (exact) mass is 358 g/mol. The van der Waals surface area contributed by atoms with Gasteiger partial charge < -0.3 is 10.5 Å². The van der Waals surface area contributed by atoms with Crippen LogP contribution in [0.2, 0.25) is 0 Å². The van der Waals surface area contributed by atoms with Gasteiger partial charge in [-0.1, -0.05) is 32.0 Å². The van der Waals surface area contributed by atoms with E-state index in [1.54, 1.807) is 32.4 Å². The number of hydrogen-bond donors (Lipinski definition) is 2. The van der Waals surface area contributed by atoms with Crippen LogP contribution in [0.1, 0.15) is 35.6 Å². The molecular formula is C18H22N4O4. The number of carbonyl (C=O) groups is 3. The minimum absolute atomic E-state index is 0.284. The maximum atomic E-state index is 12.7. The molecule has 26 heavy (non-hydrogen) atoms. The van der Waals surface area contributed by atoms with Crippen LogP contribution >= 0.6 is 0 Å². The van der Waals surface area contributed by atoms with Gasteiger partial charge in [-0.15, -0.1) is 0 Å². The number of hydrogen-bond acceptors (Lipinski definition) is 5. The van der Waals surface area contributed by atoms with Crippen LogP contribution in [0, 0.1) is 19.8 Å². The quantitative estimate of drug-likeness (QED) is 0.792. The van der Waals surface area contributed by atoms with Crippen molar-refractivity contribution in [1.82, 2.24) is 15.1 Å². The number of benzene rings is 1. The summed E-state index contributed by atoms with van der Waals surface area (Å²) in [7, 11) is 0. The molecule has 0 radical (unpaired) electrons. The van der Waals surface area contributed by atoms with Gasteiger partial charge in [0, 0.05) is 0 Å². The first-order valence-corrected chi connectivity index (χ1v) is 8.15. The van der Waals surface area contributed by atoms with Crippen LogP contribution in [0.25, 0.3) is 5.69 Å². The van der Waals surface area contributed by atoms with Crippen molar-refractivity contribution in [2.45, 2.75) is 33.8 Å². The van der Waals surface area contributed by atoms with Crippen LogP contribution in [0.15, 0.2) is 30.3 Å². The summed E-state index contributed by atoms with van der Waals surface area (Å²) >= 11 is 0. The van der Waals surface area contributed by atoms with E-state index in [9.17, 15) is 14.4 Å². The van der Waals surface area contributed by atoms with E-state index in [-0.39, 0.29) is 11.5 Å². The Hall–Kier alpha value is -3.16. The Morgan fingerprint density at radius 3 is 2.31 bits per heavy atom. The van der Waals surface area contributed by atoms with Gasteiger partial charge in [0.1, 0.15) is 5.56 Å². The molecular weight excluding hydrogens is 336 g/mol. The number of urea groups is 1. The van der Waals surface area contributed by atoms with Crippen molar-refractivity contribution in [1.29, 1.82) is 0 Å². The maximum absolute atomic E-state index is 12.7. The molecule has 0 bridgehead atoms. The molecule has 8 heteroatoms. The fourth-order valence-corrected chi connectivity index (χ4v) is 2.62. The van der Waals surface area contributed by atoms with Gasteiger partial charge in [0.05, 0.1) is 17.1 Å². The average molecular weight is 358 g/mol. The van der Waals surface area contributed by atoms with Crippen molar-refractivity contribution in [3.63, 3.8) is 0 Å². The molecule has 0 fully saturated rings. The molecule has 0 aliphatic heterocycles. The summed E-state index contributed by atoms with van der Waals surface area (Å²) in [6.07, 6.45) is -1.14. The number of nitrogens with two attached hydrogens (primary N) is 1. The first kappa shape index (κ1) is 19.2. The molecule has 2 rings (SSSR count). The van der Waals surface area contributed by atoms with Gasteiger partial charge >= 0.3 is 12.0 Å². The summed E-state index contributed by atoms with van der Waals surface area (Å²) in [5, 5.41) is 6.33. The predicted molar refractivity (Wildman–Crippen MR) is 94.8 cm³/mol. The van der Waals surface area contributed by atoms with Crippen molar-refractivity contribution in [3.8, 4) is 5.69 Å². The molecule has 3 N–H and O–H groups in total. The second-order valence-corrected chi connectivity index (χ2v) is 6.22. The number of amides is 3. The second-order valence-electron chi connectivity index (χ2n) is 6.22. The molecule has 1 aromatic heterocycles. The third kappa shape index (κ3) is 4.08. The van der Waals surface area contributed by atoms with Crippen LogP contribution in [0.3, 0.4) is 0 Å². The zero-order valence-corrected chi connectivity index (χ0v) is 15.1. The zero-order valence-electron chi connectivity index (χ0n) is 15.1. The van der Waals surface area contributed by atoms with E-state index in [1.807, 2.05) is 35.6 Å². The van der Waals surface area contributed by atoms with Crippen molar-refractivity contribution >= 4 is 17.9 Å². The Kier molecular flexibility index (Phi) is 5.76. The topological polar surface area (TPSA) is 116 Å². The normalized spacial score (nSPS) is 11.9. The lowest BCUT2D eigenvalue weighted by Gasteiger charge is -2.19. The Balaban J connectivity index is 2.30. The van der Waals surface area contributed by atoms with Crippen LogP contribution in [0.4, 0.5) is 4.79 Å². The smallest absolute Gasteiger partial charge is 0.342 e. The van der Waals surface area contributed by atoms with Crippen LogP contribution in [-0.4, -0.2) is 33.8 Å². The molecule has 1 heterocycles. The molecule has 2 aromatic rings. The van der Waals surface area contributed by atoms with Crippen molar-refractivity contribution in [2.75, 3.05) is 0 Å². The molecule has 0 saturated carbocycles. The Morgan fingerprint density at radius 1 is 1.15 bits per heavy atom. The van der Waals surface area contributed by atoms with E-state index in [4.69, 9.17) is 10.5 Å². The van der Waals surface area contributed by atoms with Gasteiger partial charge in [0.2, 0.25) is 0 Å². The Morgan fingerprint density at radius 2 is 1.77 bits per heavy atom. The fraction of sp³-hybridized carbons (Fsp3) is 0.333. The molecule has 1 aromatic carbocycles. The zero-order chi connectivity index (χ0) is 19.4. The molecule has 0 saturated heterocycles. The summed E-state index contributed by atoms with van der Waals surface area (Å²) < 4.78 is 7.00. The molecule has 0 unspecified atom stereocenters. The van der Waals surface area contributed by atoms with Gasteiger partial charge in [-0.25, -0.2) is 14.3 Å². The minimum Gasteiger partial charge on any atom is -0.448 e. The van der Waals surface area contributed by atoms with Gasteiger partial charge in [-0.3, -0.25) is 10.1 Å². The Labute approximate surface area is 151 Å². The molecule has 8 nitrogen and oxygen atoms in total. The lowest BCUT2D eigenvalue weighted by atomic mass is 10.1. The van der Waals surface area contributed by atoms with E-state index in [0.29, 0.717) is 11.4 Å². The SMILES string of the molecule is Cc1nn(-c2ccccc2)c(C)c1C(=O)O[C@H](C(=O)NC(N)=O)C(C)C. The maximum Gasteiger partial charge on any atom is 0.342 e. The molecule has 0 aliphatic rings. The number of aromatic nitrogens is 2. The standard InChI is InChI=1S/C18H22N4O4/c1-10(2)15(16(23)20-18(19)25)26-17(24)14-11(3)21-22(12(14)4)13-8-6-5-7-9-13/h5-10,15H,1-4H3,(H3,19,20,23,25)/t15-/m0/s1. The average Bonchev–Trinajstić information content (AvgIpc) is 2.87.